The van der Waals surface area contributed by atoms with Gasteiger partial charge in [0.25, 0.3) is 0 Å². The second-order valence-electron chi connectivity index (χ2n) is 7.26. The van der Waals surface area contributed by atoms with Gasteiger partial charge >= 0.3 is 0 Å². The van der Waals surface area contributed by atoms with E-state index in [0.717, 1.165) is 39.6 Å². The molecule has 3 heterocycles. The molecular formula is C23H21N7O2. The highest BCUT2D eigenvalue weighted by Gasteiger charge is 2.09. The minimum atomic E-state index is -0.481. The highest BCUT2D eigenvalue weighted by Crippen LogP contribution is 2.31. The summed E-state index contributed by atoms with van der Waals surface area (Å²) in [5, 5.41) is 10.8. The van der Waals surface area contributed by atoms with Crippen LogP contribution in [0.1, 0.15) is 5.56 Å². The van der Waals surface area contributed by atoms with Crippen molar-refractivity contribution in [3.8, 4) is 11.1 Å². The maximum atomic E-state index is 12.2. The molecule has 9 nitrogen and oxygen atoms in total. The fraction of sp³-hybridized carbons (Fsp3) is 0.0870. The molecule has 2 amide bonds. The molecule has 9 heteroatoms. The summed E-state index contributed by atoms with van der Waals surface area (Å²) in [6.45, 7) is 2.01. The number of nitrogens with two attached hydrogens (primary N) is 1. The molecule has 0 aliphatic rings. The number of amides is 2. The molecule has 0 aliphatic heterocycles. The van der Waals surface area contributed by atoms with Crippen molar-refractivity contribution in [3.05, 3.63) is 73.0 Å². The van der Waals surface area contributed by atoms with E-state index in [-0.39, 0.29) is 0 Å². The lowest BCUT2D eigenvalue weighted by atomic mass is 9.99. The number of nitrogens with zero attached hydrogens (tertiary/aromatic N) is 4. The largest absolute Gasteiger partial charge is 0.398 e. The van der Waals surface area contributed by atoms with Crippen LogP contribution in [0.3, 0.4) is 0 Å². The summed E-state index contributed by atoms with van der Waals surface area (Å²) in [4.78, 5) is 32.6. The van der Waals surface area contributed by atoms with Crippen LogP contribution >= 0.6 is 0 Å². The molecule has 0 bridgehead atoms. The predicted octanol–water partition coefficient (Wildman–Crippen LogP) is 3.05. The average molecular weight is 427 g/mol. The highest BCUT2D eigenvalue weighted by atomic mass is 16.2. The first-order valence-corrected chi connectivity index (χ1v) is 9.78. The molecule has 0 fully saturated rings. The van der Waals surface area contributed by atoms with Crippen molar-refractivity contribution < 1.29 is 9.59 Å². The smallest absolute Gasteiger partial charge is 0.249 e. The quantitative estimate of drug-likeness (QED) is 0.332. The van der Waals surface area contributed by atoms with Crippen molar-refractivity contribution in [3.63, 3.8) is 0 Å². The number of anilines is 3. The number of hydrogen-bond donors (Lipinski definition) is 3. The number of nitrogen functional groups attached to an aromatic ring is 1. The van der Waals surface area contributed by atoms with E-state index in [1.54, 1.807) is 42.6 Å². The Morgan fingerprint density at radius 1 is 1.06 bits per heavy atom. The number of carbonyl (C=O) groups is 2. The van der Waals surface area contributed by atoms with Crippen LogP contribution in [0.5, 0.6) is 0 Å². The van der Waals surface area contributed by atoms with Crippen LogP contribution in [0.25, 0.3) is 21.9 Å². The van der Waals surface area contributed by atoms with Gasteiger partial charge in [-0.3, -0.25) is 19.3 Å². The van der Waals surface area contributed by atoms with Gasteiger partial charge in [0.15, 0.2) is 0 Å². The first-order valence-electron chi connectivity index (χ1n) is 9.78. The van der Waals surface area contributed by atoms with Crippen LogP contribution in [0.4, 0.5) is 17.2 Å². The molecule has 160 valence electrons. The van der Waals surface area contributed by atoms with Gasteiger partial charge in [0, 0.05) is 60.6 Å². The Morgan fingerprint density at radius 3 is 2.56 bits per heavy atom. The first-order chi connectivity index (χ1) is 15.4. The van der Waals surface area contributed by atoms with Gasteiger partial charge in [-0.1, -0.05) is 0 Å². The molecule has 4 rings (SSSR count). The van der Waals surface area contributed by atoms with Crippen molar-refractivity contribution in [1.29, 1.82) is 0 Å². The standard InChI is InChI=1S/C23H21N7O2/c1-14-5-6-25-11-18(14)15-7-16-9-21(26-12-19(16)20(24)8-15)29-23(32)4-3-22(31)28-17-10-27-30(2)13-17/h3-13H,24H2,1-2H3,(H,28,31)(H,26,29,32)/b4-3+. The molecule has 1 aromatic carbocycles. The van der Waals surface area contributed by atoms with Crippen molar-refractivity contribution in [2.75, 3.05) is 16.4 Å². The summed E-state index contributed by atoms with van der Waals surface area (Å²) >= 11 is 0. The van der Waals surface area contributed by atoms with Gasteiger partial charge in [-0.25, -0.2) is 4.98 Å². The third-order valence-electron chi connectivity index (χ3n) is 4.83. The number of nitrogens with one attached hydrogen (secondary N) is 2. The van der Waals surface area contributed by atoms with Crippen LogP contribution in [-0.4, -0.2) is 31.6 Å². The Bertz CT molecular complexity index is 1360. The third-order valence-corrected chi connectivity index (χ3v) is 4.83. The van der Waals surface area contributed by atoms with Gasteiger partial charge in [0.2, 0.25) is 11.8 Å². The summed E-state index contributed by atoms with van der Waals surface area (Å²) < 4.78 is 1.56. The van der Waals surface area contributed by atoms with Crippen LogP contribution < -0.4 is 16.4 Å². The number of pyridine rings is 2. The van der Waals surface area contributed by atoms with E-state index < -0.39 is 11.8 Å². The number of rotatable bonds is 5. The van der Waals surface area contributed by atoms with Gasteiger partial charge in [0.1, 0.15) is 5.82 Å². The number of fused-ring (bicyclic) bond motifs is 1. The average Bonchev–Trinajstić information content (AvgIpc) is 3.16. The Kier molecular flexibility index (Phi) is 5.63. The molecule has 0 saturated heterocycles. The van der Waals surface area contributed by atoms with Crippen molar-refractivity contribution in [2.24, 2.45) is 7.05 Å². The molecule has 0 spiro atoms. The maximum Gasteiger partial charge on any atom is 0.249 e. The first kappa shape index (κ1) is 20.7. The lowest BCUT2D eigenvalue weighted by Crippen LogP contribution is -2.12. The molecule has 32 heavy (non-hydrogen) atoms. The van der Waals surface area contributed by atoms with Gasteiger partial charge in [-0.2, -0.15) is 5.10 Å². The van der Waals surface area contributed by atoms with Gasteiger partial charge in [0.05, 0.1) is 11.9 Å². The minimum absolute atomic E-state index is 0.347. The summed E-state index contributed by atoms with van der Waals surface area (Å²) in [5.41, 5.74) is 10.3. The SMILES string of the molecule is Cc1ccncc1-c1cc(N)c2cnc(NC(=O)/C=C/C(=O)Nc3cnn(C)c3)cc2c1. The van der Waals surface area contributed by atoms with E-state index >= 15 is 0 Å². The van der Waals surface area contributed by atoms with Gasteiger partial charge < -0.3 is 16.4 Å². The van der Waals surface area contributed by atoms with Crippen molar-refractivity contribution >= 4 is 39.8 Å². The van der Waals surface area contributed by atoms with Gasteiger partial charge in [-0.15, -0.1) is 0 Å². The third kappa shape index (κ3) is 4.62. The van der Waals surface area contributed by atoms with E-state index in [1.807, 2.05) is 25.1 Å². The lowest BCUT2D eigenvalue weighted by molar-refractivity contribution is -0.114. The molecule has 0 atom stereocenters. The number of carbonyl (C=O) groups excluding carboxylic acids is 2. The zero-order valence-electron chi connectivity index (χ0n) is 17.5. The number of aromatic nitrogens is 4. The molecule has 0 unspecified atom stereocenters. The van der Waals surface area contributed by atoms with Crippen LogP contribution in [0, 0.1) is 6.92 Å². The maximum absolute atomic E-state index is 12.2. The highest BCUT2D eigenvalue weighted by molar-refractivity contribution is 6.07. The van der Waals surface area contributed by atoms with Gasteiger partial charge in [-0.05, 0) is 47.7 Å². The van der Waals surface area contributed by atoms with Crippen LogP contribution in [-0.2, 0) is 16.6 Å². The molecule has 3 aromatic heterocycles. The van der Waals surface area contributed by atoms with Crippen LogP contribution in [0.15, 0.2) is 67.4 Å². The van der Waals surface area contributed by atoms with E-state index in [4.69, 9.17) is 5.73 Å². The molecular weight excluding hydrogens is 406 g/mol. The predicted molar refractivity (Wildman–Crippen MR) is 124 cm³/mol. The second kappa shape index (κ2) is 8.68. The molecule has 0 radical (unpaired) electrons. The lowest BCUT2D eigenvalue weighted by Gasteiger charge is -2.10. The van der Waals surface area contributed by atoms with E-state index in [0.29, 0.717) is 17.2 Å². The molecule has 0 aliphatic carbocycles. The fourth-order valence-electron chi connectivity index (χ4n) is 3.27. The second-order valence-corrected chi connectivity index (χ2v) is 7.26. The minimum Gasteiger partial charge on any atom is -0.398 e. The Balaban J connectivity index is 1.51. The molecule has 4 aromatic rings. The zero-order chi connectivity index (χ0) is 22.7. The van der Waals surface area contributed by atoms with E-state index in [9.17, 15) is 9.59 Å². The number of hydrogen-bond acceptors (Lipinski definition) is 6. The van der Waals surface area contributed by atoms with Crippen molar-refractivity contribution in [2.45, 2.75) is 6.92 Å². The number of aryl methyl sites for hydroxylation is 2. The monoisotopic (exact) mass is 427 g/mol. The van der Waals surface area contributed by atoms with Crippen LogP contribution in [0.2, 0.25) is 0 Å². The summed E-state index contributed by atoms with van der Waals surface area (Å²) in [6, 6.07) is 7.53. The van der Waals surface area contributed by atoms with Crippen molar-refractivity contribution in [1.82, 2.24) is 19.7 Å². The topological polar surface area (TPSA) is 128 Å². The Labute approximate surface area is 184 Å². The number of benzene rings is 1. The van der Waals surface area contributed by atoms with E-state index in [1.165, 1.54) is 6.20 Å². The fourth-order valence-corrected chi connectivity index (χ4v) is 3.27. The summed E-state index contributed by atoms with van der Waals surface area (Å²) in [7, 11) is 1.74. The Hall–Kier alpha value is -4.53. The summed E-state index contributed by atoms with van der Waals surface area (Å²) in [5.74, 6) is -0.575. The summed E-state index contributed by atoms with van der Waals surface area (Å²) in [6.07, 6.45) is 10.6. The van der Waals surface area contributed by atoms with E-state index in [2.05, 4.69) is 25.7 Å². The Morgan fingerprint density at radius 2 is 1.84 bits per heavy atom. The molecule has 0 saturated carbocycles. The molecule has 4 N–H and O–H groups in total. The zero-order valence-corrected chi connectivity index (χ0v) is 17.5. The normalized spacial score (nSPS) is 11.1.